The Labute approximate surface area is 318 Å². The number of anilines is 2. The number of aliphatic carboxylic acids is 2. The number of carbonyl (C=O) groups excluding carboxylic acids is 2. The second-order valence-corrected chi connectivity index (χ2v) is 11.7. The number of benzene rings is 1. The first kappa shape index (κ1) is 43.7. The van der Waals surface area contributed by atoms with Gasteiger partial charge < -0.3 is 36.9 Å². The van der Waals surface area contributed by atoms with E-state index in [9.17, 15) is 34.2 Å². The summed E-state index contributed by atoms with van der Waals surface area (Å²) < 4.78 is 7.50. The van der Waals surface area contributed by atoms with Gasteiger partial charge in [-0.3, -0.25) is 34.0 Å². The van der Waals surface area contributed by atoms with E-state index < -0.39 is 29.4 Å². The van der Waals surface area contributed by atoms with E-state index in [1.165, 1.54) is 24.4 Å². The molecule has 18 heteroatoms. The molecular weight excluding hydrogens is 862 g/mol. The van der Waals surface area contributed by atoms with Gasteiger partial charge in [-0.25, -0.2) is 9.78 Å². The number of unbranched alkanes of at least 4 members (excludes halogenated alkanes) is 3. The molecule has 0 saturated heterocycles. The molecule has 3 heterocycles. The zero-order valence-electron chi connectivity index (χ0n) is 28.7. The Morgan fingerprint density at radius 2 is 1.72 bits per heavy atom. The number of H-pyrrole nitrogens is 1. The number of pyridine rings is 2. The van der Waals surface area contributed by atoms with Gasteiger partial charge in [0.2, 0.25) is 5.91 Å². The number of nitrogens with two attached hydrogens (primary N) is 1. The molecule has 1 radical (unpaired) electrons. The van der Waals surface area contributed by atoms with Crippen LogP contribution in [0.4, 0.5) is 11.5 Å². The van der Waals surface area contributed by atoms with Crippen molar-refractivity contribution in [2.75, 3.05) is 30.7 Å². The number of nitrogens with zero attached hydrogens (tertiary/aromatic N) is 4. The quantitative estimate of drug-likeness (QED) is 0.0381. The fourth-order valence-electron chi connectivity index (χ4n) is 5.13. The number of rotatable bonds is 20. The van der Waals surface area contributed by atoms with Gasteiger partial charge in [-0.15, -0.1) is 0 Å². The van der Waals surface area contributed by atoms with Gasteiger partial charge in [0.15, 0.2) is 5.52 Å². The number of aromatic amines is 1. The van der Waals surface area contributed by atoms with Crippen LogP contribution in [0.3, 0.4) is 0 Å². The van der Waals surface area contributed by atoms with Crippen LogP contribution >= 0.6 is 0 Å². The van der Waals surface area contributed by atoms with Crippen molar-refractivity contribution in [2.45, 2.75) is 57.7 Å². The standard InChI is InChI=1S/C34H41N9O7.CO.Re/c35-28-17-27-31(33(48)42-28)40-25(19-39-27)18-38-23-10-8-22(9-11-23)32(47)41-26(34(49)50)12-13-29(44)37-15-4-1-2-6-16-43(21-30(45)46)20-24-7-3-5-14-36-24;1-2;/h3,5,7-11,14,17,19,26,38H,1-2,4,6,12-13,15-16,18,20-21H2,(H,37,44)(H,41,47)(H,45,46)(H,49,50)(H3,35,42,48);;/i;;1+2. The van der Waals surface area contributed by atoms with Crippen molar-refractivity contribution in [1.29, 1.82) is 0 Å². The first-order valence-electron chi connectivity index (χ1n) is 16.4. The van der Waals surface area contributed by atoms with Gasteiger partial charge in [-0.1, -0.05) is 18.9 Å². The number of nitrogens with one attached hydrogen (secondary N) is 4. The number of aromatic nitrogens is 4. The van der Waals surface area contributed by atoms with E-state index in [0.717, 1.165) is 31.4 Å². The average Bonchev–Trinajstić information content (AvgIpc) is 3.13. The van der Waals surface area contributed by atoms with Crippen LogP contribution in [0.1, 0.15) is 60.3 Å². The van der Waals surface area contributed by atoms with Gasteiger partial charge in [0.1, 0.15) is 11.9 Å². The summed E-state index contributed by atoms with van der Waals surface area (Å²) in [6.45, 7) is 6.18. The predicted molar refractivity (Wildman–Crippen MR) is 189 cm³/mol. The van der Waals surface area contributed by atoms with E-state index in [-0.39, 0.29) is 69.2 Å². The van der Waals surface area contributed by atoms with Crippen molar-refractivity contribution in [2.24, 2.45) is 0 Å². The van der Waals surface area contributed by atoms with Crippen LogP contribution in [-0.4, -0.2) is 84.5 Å². The average molecular weight is 904 g/mol. The third-order valence-corrected chi connectivity index (χ3v) is 7.69. The van der Waals surface area contributed by atoms with Gasteiger partial charge in [0, 0.05) is 63.4 Å². The molecule has 0 aliphatic heterocycles. The summed E-state index contributed by atoms with van der Waals surface area (Å²) in [5.41, 5.74) is 7.96. The Morgan fingerprint density at radius 3 is 2.40 bits per heavy atom. The number of carboxylic acids is 2. The van der Waals surface area contributed by atoms with Crippen molar-refractivity contribution >= 4 is 46.3 Å². The molecule has 0 spiro atoms. The minimum absolute atomic E-state index is 0. The van der Waals surface area contributed by atoms with Crippen molar-refractivity contribution in [1.82, 2.24) is 35.5 Å². The zero-order valence-corrected chi connectivity index (χ0v) is 31.4. The third kappa shape index (κ3) is 15.3. The summed E-state index contributed by atoms with van der Waals surface area (Å²) in [6, 6.07) is 12.2. The van der Waals surface area contributed by atoms with Gasteiger partial charge in [-0.05, 0) is 62.2 Å². The normalized spacial score (nSPS) is 11.0. The second kappa shape index (κ2) is 23.1. The molecule has 0 aliphatic carbocycles. The maximum atomic E-state index is 12.8. The van der Waals surface area contributed by atoms with E-state index in [2.05, 4.69) is 42.5 Å². The summed E-state index contributed by atoms with van der Waals surface area (Å²) >= 11 is 0. The fourth-order valence-corrected chi connectivity index (χ4v) is 5.13. The minimum atomic E-state index is -1.25. The third-order valence-electron chi connectivity index (χ3n) is 7.69. The van der Waals surface area contributed by atoms with Gasteiger partial charge in [0.05, 0.1) is 36.2 Å². The molecule has 4 aromatic rings. The number of nitrogen functional groups attached to an aromatic ring is 1. The number of fused-ring (bicyclic) bond motifs is 1. The van der Waals surface area contributed by atoms with Crippen LogP contribution in [0.25, 0.3) is 11.0 Å². The molecule has 4 rings (SSSR count). The van der Waals surface area contributed by atoms with Crippen LogP contribution in [-0.2, 0) is 52.5 Å². The van der Waals surface area contributed by atoms with Crippen LogP contribution in [0.5, 0.6) is 0 Å². The molecule has 53 heavy (non-hydrogen) atoms. The summed E-state index contributed by atoms with van der Waals surface area (Å²) in [5.74, 6) is -2.85. The molecule has 1 unspecified atom stereocenters. The number of amides is 2. The maximum absolute atomic E-state index is 12.8. The predicted octanol–water partition coefficient (Wildman–Crippen LogP) is 2.09. The van der Waals surface area contributed by atoms with Crippen LogP contribution in [0.15, 0.2) is 65.7 Å². The van der Waals surface area contributed by atoms with Crippen molar-refractivity contribution < 1.29 is 54.5 Å². The molecule has 17 nitrogen and oxygen atoms in total. The first-order chi connectivity index (χ1) is 25.1. The fraction of sp³-hybridized carbons (Fsp3) is 0.343. The molecule has 1 aromatic carbocycles. The Morgan fingerprint density at radius 1 is 0.981 bits per heavy atom. The van der Waals surface area contributed by atoms with E-state index in [0.29, 0.717) is 36.5 Å². The molecule has 3 aromatic heterocycles. The SMILES string of the molecule is Nc1cc2ncc(CNc3ccc(C(=O)NC(CCC(=O)NCCCCCCN(CC(=O)O)Cc4ccccn4)C(=O)O)cc3)nc2c(=O)[nH]1.[188Re].[C-]#[O+]. The van der Waals surface area contributed by atoms with Crippen LogP contribution < -0.4 is 27.2 Å². The molecule has 0 bridgehead atoms. The number of hydrogen-bond donors (Lipinski definition) is 7. The van der Waals surface area contributed by atoms with Crippen molar-refractivity contribution in [3.63, 3.8) is 0 Å². The summed E-state index contributed by atoms with van der Waals surface area (Å²) in [4.78, 5) is 77.4. The molecule has 281 valence electrons. The van der Waals surface area contributed by atoms with Gasteiger partial charge in [-0.2, -0.15) is 0 Å². The Balaban J connectivity index is 0.00000318. The van der Waals surface area contributed by atoms with Crippen molar-refractivity contribution in [3.05, 3.63) is 94.9 Å². The van der Waals surface area contributed by atoms with Gasteiger partial charge in [0.25, 0.3) is 11.5 Å². The van der Waals surface area contributed by atoms with E-state index in [4.69, 9.17) is 10.4 Å². The molecule has 8 N–H and O–H groups in total. The Kier molecular flexibility index (Phi) is 19.1. The van der Waals surface area contributed by atoms with E-state index in [1.807, 2.05) is 23.1 Å². The monoisotopic (exact) mass is 903 g/mol. The van der Waals surface area contributed by atoms with Gasteiger partial charge >= 0.3 is 23.2 Å². The topological polar surface area (TPSA) is 266 Å². The number of carboxylic acid groups (broad SMARTS) is 2. The van der Waals surface area contributed by atoms with Crippen LogP contribution in [0, 0.1) is 6.65 Å². The molecule has 0 aliphatic rings. The summed E-state index contributed by atoms with van der Waals surface area (Å²) in [5, 5.41) is 27.2. The number of hydrogen-bond acceptors (Lipinski definition) is 11. The second-order valence-electron chi connectivity index (χ2n) is 11.7. The number of carbonyl (C=O) groups is 4. The summed E-state index contributed by atoms with van der Waals surface area (Å²) in [6.07, 6.45) is 6.26. The van der Waals surface area contributed by atoms with Crippen molar-refractivity contribution in [3.8, 4) is 0 Å². The molecule has 0 fully saturated rings. The molecule has 2 amide bonds. The Bertz CT molecular complexity index is 1870. The van der Waals surface area contributed by atoms with E-state index >= 15 is 0 Å². The molecule has 0 saturated carbocycles. The van der Waals surface area contributed by atoms with E-state index in [1.54, 1.807) is 18.3 Å². The zero-order chi connectivity index (χ0) is 37.9. The Hall–Kier alpha value is -5.50. The van der Waals surface area contributed by atoms with Crippen LogP contribution in [0.2, 0.25) is 0 Å². The summed E-state index contributed by atoms with van der Waals surface area (Å²) in [7, 11) is 0. The first-order valence-corrected chi connectivity index (χ1v) is 16.4. The molecular formula is C35H41N9O8Re. The molecule has 1 atom stereocenters.